The zero-order valence-corrected chi connectivity index (χ0v) is 18.7. The van der Waals surface area contributed by atoms with Crippen LogP contribution in [0, 0.1) is 5.92 Å². The fraction of sp³-hybridized carbons (Fsp3) is 1.00. The lowest BCUT2D eigenvalue weighted by molar-refractivity contribution is 0.0675. The van der Waals surface area contributed by atoms with Crippen molar-refractivity contribution in [3.05, 3.63) is 0 Å². The third-order valence-electron chi connectivity index (χ3n) is 3.89. The van der Waals surface area contributed by atoms with Gasteiger partial charge in [0.05, 0.1) is 16.3 Å². The third kappa shape index (κ3) is 12.4. The van der Waals surface area contributed by atoms with E-state index in [9.17, 15) is 0 Å². The summed E-state index contributed by atoms with van der Waals surface area (Å²) in [7, 11) is -0.705. The van der Waals surface area contributed by atoms with Crippen molar-refractivity contribution in [2.45, 2.75) is 95.9 Å². The van der Waals surface area contributed by atoms with Gasteiger partial charge < -0.3 is 14.0 Å². The molecule has 0 spiro atoms. The number of rotatable bonds is 16. The van der Waals surface area contributed by atoms with E-state index in [0.717, 1.165) is 30.9 Å². The van der Waals surface area contributed by atoms with Crippen LogP contribution in [0.15, 0.2) is 0 Å². The third-order valence-corrected chi connectivity index (χ3v) is 6.35. The number of unbranched alkanes of at least 4 members (excludes halogenated alkanes) is 1. The highest BCUT2D eigenvalue weighted by Crippen LogP contribution is 2.25. The molecule has 0 heterocycles. The fourth-order valence-corrected chi connectivity index (χ4v) is 3.56. The summed E-state index contributed by atoms with van der Waals surface area (Å²) in [4.78, 5) is 0. The lowest BCUT2D eigenvalue weighted by atomic mass is 10.0. The average Bonchev–Trinajstić information content (AvgIpc) is 2.60. The molecule has 0 aromatic heterocycles. The first-order valence-electron chi connectivity index (χ1n) is 9.44. The Morgan fingerprint density at radius 1 is 0.833 bits per heavy atom. The van der Waals surface area contributed by atoms with E-state index in [1.165, 1.54) is 25.7 Å². The monoisotopic (exact) mass is 396 g/mol. The number of hydrogen-bond donors (Lipinski definition) is 2. The molecule has 0 aromatic rings. The highest BCUT2D eigenvalue weighted by Gasteiger charge is 2.30. The van der Waals surface area contributed by atoms with Crippen LogP contribution in [0.2, 0.25) is 0 Å². The van der Waals surface area contributed by atoms with Crippen LogP contribution in [-0.4, -0.2) is 29.4 Å². The molecule has 24 heavy (non-hydrogen) atoms. The maximum Gasteiger partial charge on any atom is 0.641 e. The molecular formula is C17H37BO3S3. The Morgan fingerprint density at radius 3 is 1.83 bits per heavy atom. The molecule has 0 fully saturated rings. The Labute approximate surface area is 165 Å². The smallest absolute Gasteiger partial charge is 0.374 e. The van der Waals surface area contributed by atoms with Gasteiger partial charge in [-0.3, -0.25) is 0 Å². The van der Waals surface area contributed by atoms with Crippen LogP contribution in [0.25, 0.3) is 0 Å². The molecule has 7 heteroatoms. The van der Waals surface area contributed by atoms with E-state index < -0.39 is 7.32 Å². The quantitative estimate of drug-likeness (QED) is 0.189. The van der Waals surface area contributed by atoms with Gasteiger partial charge in [0, 0.05) is 0 Å². The summed E-state index contributed by atoms with van der Waals surface area (Å²) in [5.74, 6) is 1.88. The van der Waals surface area contributed by atoms with Crippen molar-refractivity contribution in [1.29, 1.82) is 0 Å². The second kappa shape index (κ2) is 16.2. The summed E-state index contributed by atoms with van der Waals surface area (Å²) in [6.45, 7) is 10.7. The van der Waals surface area contributed by atoms with Crippen molar-refractivity contribution in [3.63, 3.8) is 0 Å². The first kappa shape index (κ1) is 25.0. The Bertz CT molecular complexity index is 276. The predicted molar refractivity (Wildman–Crippen MR) is 115 cm³/mol. The van der Waals surface area contributed by atoms with Gasteiger partial charge in [-0.05, 0) is 37.4 Å². The Morgan fingerprint density at radius 2 is 1.42 bits per heavy atom. The molecule has 0 aliphatic heterocycles. The van der Waals surface area contributed by atoms with E-state index >= 15 is 0 Å². The summed E-state index contributed by atoms with van der Waals surface area (Å²) >= 11 is 10.7. The molecule has 0 radical (unpaired) electrons. The highest BCUT2D eigenvalue weighted by atomic mass is 32.2. The maximum atomic E-state index is 6.06. The van der Waals surface area contributed by atoms with Crippen LogP contribution in [0.4, 0.5) is 0 Å². The molecule has 4 unspecified atom stereocenters. The van der Waals surface area contributed by atoms with Crippen molar-refractivity contribution >= 4 is 44.3 Å². The molecule has 0 aliphatic carbocycles. The topological polar surface area (TPSA) is 27.7 Å². The van der Waals surface area contributed by atoms with Gasteiger partial charge in [-0.15, -0.1) is 37.0 Å². The van der Waals surface area contributed by atoms with Gasteiger partial charge in [-0.1, -0.05) is 53.9 Å². The van der Waals surface area contributed by atoms with Gasteiger partial charge in [0.1, 0.15) is 0 Å². The van der Waals surface area contributed by atoms with E-state index in [2.05, 4.69) is 46.0 Å². The van der Waals surface area contributed by atoms with E-state index in [-0.39, 0.29) is 16.3 Å². The lowest BCUT2D eigenvalue weighted by Crippen LogP contribution is -2.35. The zero-order valence-electron chi connectivity index (χ0n) is 16.1. The molecular weight excluding hydrogens is 359 g/mol. The standard InChI is InChI=1S/C17H37BO3S3/c1-6-11-12-14(7-2)13-24-17(10-5)21-18(19-15(22)8-3)20-16(23)9-4/h14-17,22-23H,6-13H2,1-5H3. The minimum absolute atomic E-state index is 0.0699. The zero-order chi connectivity index (χ0) is 18.4. The van der Waals surface area contributed by atoms with Gasteiger partial charge in [-0.25, -0.2) is 0 Å². The van der Waals surface area contributed by atoms with Crippen molar-refractivity contribution in [2.75, 3.05) is 5.75 Å². The van der Waals surface area contributed by atoms with Crippen LogP contribution in [-0.2, 0) is 14.0 Å². The SMILES string of the molecule is CCCCC(CC)CSC(CC)OB(OC(S)CC)OC(S)CC. The van der Waals surface area contributed by atoms with Crippen LogP contribution in [0.5, 0.6) is 0 Å². The minimum atomic E-state index is -0.705. The summed E-state index contributed by atoms with van der Waals surface area (Å²) in [6, 6.07) is 0. The average molecular weight is 396 g/mol. The molecule has 0 aromatic carbocycles. The number of thioether (sulfide) groups is 1. The molecule has 0 N–H and O–H groups in total. The van der Waals surface area contributed by atoms with Gasteiger partial charge in [0.25, 0.3) is 0 Å². The van der Waals surface area contributed by atoms with E-state index in [1.807, 2.05) is 25.6 Å². The summed E-state index contributed by atoms with van der Waals surface area (Å²) in [6.07, 6.45) is 7.62. The lowest BCUT2D eigenvalue weighted by Gasteiger charge is -2.25. The second-order valence-corrected chi connectivity index (χ2v) is 8.35. The highest BCUT2D eigenvalue weighted by molar-refractivity contribution is 7.99. The van der Waals surface area contributed by atoms with E-state index in [0.29, 0.717) is 0 Å². The maximum absolute atomic E-state index is 6.06. The molecule has 0 amide bonds. The van der Waals surface area contributed by atoms with Crippen LogP contribution < -0.4 is 0 Å². The normalized spacial score (nSPS) is 16.6. The van der Waals surface area contributed by atoms with Gasteiger partial charge in [0.15, 0.2) is 0 Å². The van der Waals surface area contributed by atoms with Crippen LogP contribution in [0.3, 0.4) is 0 Å². The molecule has 0 saturated heterocycles. The van der Waals surface area contributed by atoms with Crippen molar-refractivity contribution in [2.24, 2.45) is 5.92 Å². The van der Waals surface area contributed by atoms with E-state index in [1.54, 1.807) is 0 Å². The Kier molecular flexibility index (Phi) is 16.9. The molecule has 0 bridgehead atoms. The predicted octanol–water partition coefficient (Wildman–Crippen LogP) is 6.04. The Balaban J connectivity index is 4.50. The molecule has 0 aliphatic rings. The van der Waals surface area contributed by atoms with Crippen molar-refractivity contribution < 1.29 is 14.0 Å². The molecule has 0 saturated carbocycles. The molecule has 0 rings (SSSR count). The summed E-state index contributed by atoms with van der Waals surface area (Å²) in [5.41, 5.74) is -0.314. The largest absolute Gasteiger partial charge is 0.641 e. The summed E-state index contributed by atoms with van der Waals surface area (Å²) in [5, 5.41) is 0. The van der Waals surface area contributed by atoms with Crippen LogP contribution >= 0.6 is 37.0 Å². The molecule has 4 atom stereocenters. The number of hydrogen-bond acceptors (Lipinski definition) is 6. The number of thiol groups is 2. The van der Waals surface area contributed by atoms with Crippen molar-refractivity contribution in [3.8, 4) is 0 Å². The second-order valence-electron chi connectivity index (χ2n) is 6.01. The van der Waals surface area contributed by atoms with Crippen LogP contribution in [0.1, 0.15) is 79.6 Å². The minimum Gasteiger partial charge on any atom is -0.374 e. The van der Waals surface area contributed by atoms with Gasteiger partial charge in [0.2, 0.25) is 0 Å². The first-order chi connectivity index (χ1) is 11.5. The molecule has 144 valence electrons. The molecule has 3 nitrogen and oxygen atoms in total. The van der Waals surface area contributed by atoms with E-state index in [4.69, 9.17) is 14.0 Å². The van der Waals surface area contributed by atoms with Crippen molar-refractivity contribution in [1.82, 2.24) is 0 Å². The van der Waals surface area contributed by atoms with Gasteiger partial charge in [-0.2, -0.15) is 0 Å². The van der Waals surface area contributed by atoms with Gasteiger partial charge >= 0.3 is 7.32 Å². The summed E-state index contributed by atoms with van der Waals surface area (Å²) < 4.78 is 17.6. The fourth-order valence-electron chi connectivity index (χ4n) is 2.06. The Hall–Kier alpha value is 0.995. The first-order valence-corrected chi connectivity index (χ1v) is 11.5.